The third kappa shape index (κ3) is 4.81. The molecule has 1 aromatic rings. The van der Waals surface area contributed by atoms with Gasteiger partial charge in [-0.2, -0.15) is 0 Å². The van der Waals surface area contributed by atoms with E-state index in [1.807, 2.05) is 6.92 Å². The molecule has 3 N–H and O–H groups in total. The molecule has 6 heteroatoms. The largest absolute Gasteiger partial charge is 0.350 e. The molecule has 0 unspecified atom stereocenters. The SMILES string of the molecule is C[C@H](NC(=O)CC1CCCCC1)c1ccc(S(N)(=O)=O)cc1. The third-order valence-electron chi connectivity index (χ3n) is 4.28. The van der Waals surface area contributed by atoms with E-state index in [4.69, 9.17) is 5.14 Å². The second kappa shape index (κ2) is 7.24. The summed E-state index contributed by atoms with van der Waals surface area (Å²) in [5, 5.41) is 8.05. The maximum atomic E-state index is 12.1. The summed E-state index contributed by atoms with van der Waals surface area (Å²) >= 11 is 0. The van der Waals surface area contributed by atoms with Gasteiger partial charge in [0.2, 0.25) is 15.9 Å². The van der Waals surface area contributed by atoms with Crippen LogP contribution in [0.15, 0.2) is 29.2 Å². The predicted octanol–water partition coefficient (Wildman–Crippen LogP) is 2.48. The van der Waals surface area contributed by atoms with Crippen molar-refractivity contribution >= 4 is 15.9 Å². The minimum atomic E-state index is -3.67. The van der Waals surface area contributed by atoms with Gasteiger partial charge in [-0.3, -0.25) is 4.79 Å². The van der Waals surface area contributed by atoms with Crippen LogP contribution in [0.5, 0.6) is 0 Å². The van der Waals surface area contributed by atoms with Gasteiger partial charge in [-0.1, -0.05) is 31.4 Å². The van der Waals surface area contributed by atoms with Crippen LogP contribution in [-0.4, -0.2) is 14.3 Å². The van der Waals surface area contributed by atoms with Gasteiger partial charge in [0.1, 0.15) is 0 Å². The Morgan fingerprint density at radius 2 is 1.82 bits per heavy atom. The number of nitrogens with two attached hydrogens (primary N) is 1. The molecule has 1 aliphatic carbocycles. The minimum absolute atomic E-state index is 0.0647. The molecule has 0 bridgehead atoms. The smallest absolute Gasteiger partial charge is 0.238 e. The molecule has 122 valence electrons. The van der Waals surface area contributed by atoms with Gasteiger partial charge in [0.05, 0.1) is 10.9 Å². The number of hydrogen-bond acceptors (Lipinski definition) is 3. The third-order valence-corrected chi connectivity index (χ3v) is 5.21. The van der Waals surface area contributed by atoms with E-state index in [2.05, 4.69) is 5.32 Å². The normalized spacial score (nSPS) is 17.9. The van der Waals surface area contributed by atoms with Crippen molar-refractivity contribution in [3.05, 3.63) is 29.8 Å². The number of benzene rings is 1. The van der Waals surface area contributed by atoms with E-state index in [9.17, 15) is 13.2 Å². The minimum Gasteiger partial charge on any atom is -0.350 e. The fraction of sp³-hybridized carbons (Fsp3) is 0.562. The Kier molecular flexibility index (Phi) is 5.58. The van der Waals surface area contributed by atoms with E-state index in [-0.39, 0.29) is 16.8 Å². The first-order valence-corrected chi connectivity index (χ1v) is 9.33. The van der Waals surface area contributed by atoms with Gasteiger partial charge < -0.3 is 5.32 Å². The van der Waals surface area contributed by atoms with E-state index in [1.165, 1.54) is 31.4 Å². The average Bonchev–Trinajstić information content (AvgIpc) is 2.47. The molecule has 0 saturated heterocycles. The molecule has 1 amide bonds. The molecule has 0 radical (unpaired) electrons. The van der Waals surface area contributed by atoms with Crippen LogP contribution in [0.25, 0.3) is 0 Å². The van der Waals surface area contributed by atoms with Crippen LogP contribution in [-0.2, 0) is 14.8 Å². The number of carbonyl (C=O) groups is 1. The van der Waals surface area contributed by atoms with Gasteiger partial charge in [0, 0.05) is 6.42 Å². The first-order chi connectivity index (χ1) is 10.4. The molecule has 5 nitrogen and oxygen atoms in total. The van der Waals surface area contributed by atoms with Crippen molar-refractivity contribution in [1.29, 1.82) is 0 Å². The molecule has 1 fully saturated rings. The van der Waals surface area contributed by atoms with Gasteiger partial charge in [0.15, 0.2) is 0 Å². The van der Waals surface area contributed by atoms with Crippen molar-refractivity contribution in [3.8, 4) is 0 Å². The highest BCUT2D eigenvalue weighted by molar-refractivity contribution is 7.89. The number of primary sulfonamides is 1. The Balaban J connectivity index is 1.90. The Morgan fingerprint density at radius 3 is 2.36 bits per heavy atom. The molecule has 0 aromatic heterocycles. The Hall–Kier alpha value is -1.40. The molecular formula is C16H24N2O3S. The number of hydrogen-bond donors (Lipinski definition) is 2. The van der Waals surface area contributed by atoms with Crippen molar-refractivity contribution in [2.45, 2.75) is 56.4 Å². The van der Waals surface area contributed by atoms with Crippen molar-refractivity contribution in [2.75, 3.05) is 0 Å². The summed E-state index contributed by atoms with van der Waals surface area (Å²) in [6.45, 7) is 1.89. The van der Waals surface area contributed by atoms with Crippen LogP contribution >= 0.6 is 0 Å². The standard InChI is InChI=1S/C16H24N2O3S/c1-12(14-7-9-15(10-8-14)22(17,20)21)18-16(19)11-13-5-3-2-4-6-13/h7-10,12-13H,2-6,11H2,1H3,(H,18,19)(H2,17,20,21)/t12-/m0/s1. The zero-order chi connectivity index (χ0) is 16.2. The summed E-state index contributed by atoms with van der Waals surface area (Å²) in [6, 6.07) is 6.16. The zero-order valence-corrected chi connectivity index (χ0v) is 13.7. The van der Waals surface area contributed by atoms with Crippen molar-refractivity contribution in [1.82, 2.24) is 5.32 Å². The lowest BCUT2D eigenvalue weighted by Gasteiger charge is -2.22. The summed E-state index contributed by atoms with van der Waals surface area (Å²) < 4.78 is 22.4. The lowest BCUT2D eigenvalue weighted by Crippen LogP contribution is -2.29. The van der Waals surface area contributed by atoms with Gasteiger partial charge in [-0.05, 0) is 43.4 Å². The first-order valence-electron chi connectivity index (χ1n) is 7.78. The van der Waals surface area contributed by atoms with E-state index in [0.717, 1.165) is 18.4 Å². The predicted molar refractivity (Wildman–Crippen MR) is 85.6 cm³/mol. The second-order valence-corrected chi connectivity index (χ2v) is 7.67. The zero-order valence-electron chi connectivity index (χ0n) is 12.9. The Bertz CT molecular complexity index is 605. The highest BCUT2D eigenvalue weighted by Gasteiger charge is 2.18. The molecule has 1 atom stereocenters. The van der Waals surface area contributed by atoms with Gasteiger partial charge in [-0.25, -0.2) is 13.6 Å². The van der Waals surface area contributed by atoms with E-state index in [1.54, 1.807) is 12.1 Å². The summed E-state index contributed by atoms with van der Waals surface area (Å²) in [6.07, 6.45) is 6.60. The molecule has 1 aliphatic rings. The molecule has 22 heavy (non-hydrogen) atoms. The summed E-state index contributed by atoms with van der Waals surface area (Å²) in [5.74, 6) is 0.570. The maximum Gasteiger partial charge on any atom is 0.238 e. The van der Waals surface area contributed by atoms with Crippen LogP contribution in [0, 0.1) is 5.92 Å². The first kappa shape index (κ1) is 17.0. The molecular weight excluding hydrogens is 300 g/mol. The highest BCUT2D eigenvalue weighted by atomic mass is 32.2. The van der Waals surface area contributed by atoms with Crippen molar-refractivity contribution in [3.63, 3.8) is 0 Å². The highest BCUT2D eigenvalue weighted by Crippen LogP contribution is 2.26. The van der Waals surface area contributed by atoms with E-state index >= 15 is 0 Å². The summed E-state index contributed by atoms with van der Waals surface area (Å²) in [7, 11) is -3.67. The second-order valence-electron chi connectivity index (χ2n) is 6.11. The molecule has 0 spiro atoms. The number of rotatable bonds is 5. The van der Waals surface area contributed by atoms with Crippen LogP contribution in [0.3, 0.4) is 0 Å². The number of carbonyl (C=O) groups excluding carboxylic acids is 1. The van der Waals surface area contributed by atoms with Gasteiger partial charge in [-0.15, -0.1) is 0 Å². The van der Waals surface area contributed by atoms with Gasteiger partial charge >= 0.3 is 0 Å². The fourth-order valence-corrected chi connectivity index (χ4v) is 3.50. The number of nitrogens with one attached hydrogen (secondary N) is 1. The number of amides is 1. The van der Waals surface area contributed by atoms with E-state index < -0.39 is 10.0 Å². The Labute approximate surface area is 132 Å². The fourth-order valence-electron chi connectivity index (χ4n) is 2.98. The number of sulfonamides is 1. The molecule has 0 heterocycles. The van der Waals surface area contributed by atoms with Crippen molar-refractivity contribution < 1.29 is 13.2 Å². The van der Waals surface area contributed by atoms with Crippen molar-refractivity contribution in [2.24, 2.45) is 11.1 Å². The molecule has 1 aromatic carbocycles. The van der Waals surface area contributed by atoms with E-state index in [0.29, 0.717) is 12.3 Å². The van der Waals surface area contributed by atoms with Crippen LogP contribution in [0.1, 0.15) is 57.1 Å². The lowest BCUT2D eigenvalue weighted by atomic mass is 9.87. The summed E-state index contributed by atoms with van der Waals surface area (Å²) in [5.41, 5.74) is 0.865. The molecule has 2 rings (SSSR count). The monoisotopic (exact) mass is 324 g/mol. The van der Waals surface area contributed by atoms with Crippen LogP contribution in [0.4, 0.5) is 0 Å². The topological polar surface area (TPSA) is 89.3 Å². The molecule has 1 saturated carbocycles. The lowest BCUT2D eigenvalue weighted by molar-refractivity contribution is -0.122. The van der Waals surface area contributed by atoms with Crippen LogP contribution < -0.4 is 10.5 Å². The van der Waals surface area contributed by atoms with Crippen LogP contribution in [0.2, 0.25) is 0 Å². The maximum absolute atomic E-state index is 12.1. The van der Waals surface area contributed by atoms with Gasteiger partial charge in [0.25, 0.3) is 0 Å². The molecule has 0 aliphatic heterocycles. The average molecular weight is 324 g/mol. The quantitative estimate of drug-likeness (QED) is 0.872. The summed E-state index contributed by atoms with van der Waals surface area (Å²) in [4.78, 5) is 12.2. The Morgan fingerprint density at radius 1 is 1.23 bits per heavy atom.